The molecule has 3 aliphatic heterocycles. The van der Waals surface area contributed by atoms with Crippen LogP contribution in [0.15, 0.2) is 119 Å². The van der Waals surface area contributed by atoms with Gasteiger partial charge < -0.3 is 0 Å². The van der Waals surface area contributed by atoms with Crippen molar-refractivity contribution in [2.75, 3.05) is 0 Å². The van der Waals surface area contributed by atoms with Crippen LogP contribution in [0.3, 0.4) is 0 Å². The molecule has 10 rings (SSSR count). The first-order valence-electron chi connectivity index (χ1n) is 14.6. The molecule has 6 nitrogen and oxygen atoms in total. The second-order valence-electron chi connectivity index (χ2n) is 11.9. The number of rotatable bonds is 4. The summed E-state index contributed by atoms with van der Waals surface area (Å²) in [6.07, 6.45) is 0. The number of likely N-dealkylation sites (tertiary alicyclic amines) is 1. The van der Waals surface area contributed by atoms with Gasteiger partial charge >= 0.3 is 0 Å². The van der Waals surface area contributed by atoms with Gasteiger partial charge in [0.1, 0.15) is 13.8 Å². The lowest BCUT2D eigenvalue weighted by Crippen LogP contribution is -2.71. The third-order valence-corrected chi connectivity index (χ3v) is 15.1. The van der Waals surface area contributed by atoms with Gasteiger partial charge in [-0.3, -0.25) is 29.0 Å². The number of amides is 4. The highest BCUT2D eigenvalue weighted by atomic mass is 79.9. The predicted molar refractivity (Wildman–Crippen MR) is 176 cm³/mol. The number of carbonyl (C=O) groups is 4. The van der Waals surface area contributed by atoms with Crippen LogP contribution in [-0.2, 0) is 36.6 Å². The molecule has 0 unspecified atom stereocenters. The second kappa shape index (κ2) is 9.31. The van der Waals surface area contributed by atoms with Crippen LogP contribution in [0, 0.1) is 0 Å². The molecule has 4 aromatic carbocycles. The fourth-order valence-corrected chi connectivity index (χ4v) is 13.3. The summed E-state index contributed by atoms with van der Waals surface area (Å²) in [6.45, 7) is 0.205. The fourth-order valence-electron chi connectivity index (χ4n) is 7.99. The van der Waals surface area contributed by atoms with Gasteiger partial charge in [0, 0.05) is 5.92 Å². The number of benzene rings is 4. The maximum Gasteiger partial charge on any atom is 0.268 e. The largest absolute Gasteiger partial charge is 0.275 e. The van der Waals surface area contributed by atoms with Crippen LogP contribution in [-0.4, -0.2) is 42.9 Å². The molecule has 0 radical (unpaired) electrons. The molecule has 4 amide bonds. The van der Waals surface area contributed by atoms with Crippen molar-refractivity contribution in [3.8, 4) is 0 Å². The molecule has 3 heterocycles. The highest BCUT2D eigenvalue weighted by Crippen LogP contribution is 2.80. The van der Waals surface area contributed by atoms with Crippen molar-refractivity contribution < 1.29 is 19.2 Å². The van der Waals surface area contributed by atoms with Gasteiger partial charge in [-0.1, -0.05) is 149 Å². The van der Waals surface area contributed by atoms with Crippen LogP contribution in [0.1, 0.15) is 39.3 Å². The van der Waals surface area contributed by atoms with E-state index in [1.165, 1.54) is 9.80 Å². The lowest BCUT2D eigenvalue weighted by Gasteiger charge is -2.63. The summed E-state index contributed by atoms with van der Waals surface area (Å²) in [7, 11) is 0. The normalized spacial score (nSPS) is 29.0. The predicted octanol–water partition coefficient (Wildman–Crippen LogP) is 6.09. The number of halogens is 1. The standard InChI is InChI=1S/C36H23BrN2O4S2/c37-34-25-17-9-7-15-23(25)27(24-16-8-10-18-26(24)34)35-32(42)39(20-22-13-5-2-6-14-22)33(43)36(34,35)45-29-28(44-35)30(40)38(31(29)41)19-21-11-3-1-4-12-21/h1-18,27H,19-20H2/t27?,34?,35-,36-/m0/s1. The summed E-state index contributed by atoms with van der Waals surface area (Å²) >= 11 is 6.44. The Morgan fingerprint density at radius 3 is 1.60 bits per heavy atom. The highest BCUT2D eigenvalue weighted by Gasteiger charge is 2.87. The van der Waals surface area contributed by atoms with Crippen molar-refractivity contribution in [2.45, 2.75) is 32.8 Å². The molecular weight excluding hydrogens is 668 g/mol. The summed E-state index contributed by atoms with van der Waals surface area (Å²) in [4.78, 5) is 61.9. The zero-order chi connectivity index (χ0) is 30.7. The van der Waals surface area contributed by atoms with E-state index in [9.17, 15) is 9.59 Å². The van der Waals surface area contributed by atoms with E-state index in [1.54, 1.807) is 0 Å². The van der Waals surface area contributed by atoms with E-state index in [4.69, 9.17) is 0 Å². The summed E-state index contributed by atoms with van der Waals surface area (Å²) < 4.78 is -4.07. The number of hydrogen-bond donors (Lipinski definition) is 0. The van der Waals surface area contributed by atoms with Gasteiger partial charge in [-0.05, 0) is 33.4 Å². The number of nitrogens with zero attached hydrogens (tertiary/aromatic N) is 2. The van der Waals surface area contributed by atoms with E-state index in [2.05, 4.69) is 15.9 Å². The van der Waals surface area contributed by atoms with E-state index in [-0.39, 0.29) is 34.7 Å². The zero-order valence-corrected chi connectivity index (χ0v) is 26.8. The summed E-state index contributed by atoms with van der Waals surface area (Å²) in [5.74, 6) is -2.07. The van der Waals surface area contributed by atoms with Gasteiger partial charge in [-0.25, -0.2) is 0 Å². The van der Waals surface area contributed by atoms with E-state index in [0.717, 1.165) is 56.9 Å². The van der Waals surface area contributed by atoms with E-state index in [0.29, 0.717) is 0 Å². The molecule has 1 fully saturated rings. The van der Waals surface area contributed by atoms with Crippen LogP contribution >= 0.6 is 39.5 Å². The molecule has 1 saturated heterocycles. The molecule has 2 bridgehead atoms. The van der Waals surface area contributed by atoms with Gasteiger partial charge in [0.2, 0.25) is 11.8 Å². The van der Waals surface area contributed by atoms with Crippen LogP contribution in [0.5, 0.6) is 0 Å². The quantitative estimate of drug-likeness (QED) is 0.191. The van der Waals surface area contributed by atoms with Gasteiger partial charge in [-0.15, -0.1) is 0 Å². The maximum absolute atomic E-state index is 15.3. The maximum atomic E-state index is 15.3. The Balaban J connectivity index is 1.29. The third kappa shape index (κ3) is 3.14. The minimum Gasteiger partial charge on any atom is -0.275 e. The average Bonchev–Trinajstić information content (AvgIpc) is 3.41. The fraction of sp³-hybridized carbons (Fsp3) is 0.167. The highest BCUT2D eigenvalue weighted by molar-refractivity contribution is 9.10. The SMILES string of the molecule is O=C1C2=C(S[C@]34C(=O)N(Cc5ccccc5)C(=O)[C@@]3(S2)C2c3ccccc3C4(Br)c3ccccc32)C(=O)N1Cc1ccccc1. The summed E-state index contributed by atoms with van der Waals surface area (Å²) in [6, 6.07) is 34.7. The van der Waals surface area contributed by atoms with Gasteiger partial charge in [-0.2, -0.15) is 0 Å². The number of thioether (sulfide) groups is 2. The molecule has 0 spiro atoms. The topological polar surface area (TPSA) is 74.8 Å². The van der Waals surface area contributed by atoms with Crippen LogP contribution in [0.25, 0.3) is 0 Å². The molecule has 0 aromatic heterocycles. The zero-order valence-electron chi connectivity index (χ0n) is 23.6. The lowest BCUT2D eigenvalue weighted by atomic mass is 9.53. The Hall–Kier alpha value is -3.92. The first-order valence-corrected chi connectivity index (χ1v) is 17.1. The van der Waals surface area contributed by atoms with Crippen LogP contribution < -0.4 is 0 Å². The number of hydrogen-bond acceptors (Lipinski definition) is 6. The molecule has 0 N–H and O–H groups in total. The minimum atomic E-state index is -1.48. The number of alkyl halides is 1. The van der Waals surface area contributed by atoms with Gasteiger partial charge in [0.25, 0.3) is 11.8 Å². The summed E-state index contributed by atoms with van der Waals surface area (Å²) in [5.41, 5.74) is 5.35. The van der Waals surface area contributed by atoms with Crippen molar-refractivity contribution in [3.05, 3.63) is 152 Å². The Morgan fingerprint density at radius 1 is 0.578 bits per heavy atom. The van der Waals surface area contributed by atoms with Crippen molar-refractivity contribution in [2.24, 2.45) is 0 Å². The molecule has 6 aliphatic rings. The van der Waals surface area contributed by atoms with E-state index in [1.807, 2.05) is 109 Å². The van der Waals surface area contributed by atoms with Crippen molar-refractivity contribution in [1.29, 1.82) is 0 Å². The average molecular weight is 692 g/mol. The molecule has 4 aromatic rings. The summed E-state index contributed by atoms with van der Waals surface area (Å²) in [5, 5.41) is 0. The van der Waals surface area contributed by atoms with Crippen molar-refractivity contribution in [1.82, 2.24) is 9.80 Å². The van der Waals surface area contributed by atoms with Crippen LogP contribution in [0.4, 0.5) is 0 Å². The first kappa shape index (κ1) is 27.4. The Kier molecular flexibility index (Phi) is 5.67. The molecule has 45 heavy (non-hydrogen) atoms. The Labute approximate surface area is 276 Å². The third-order valence-electron chi connectivity index (χ3n) is 9.78. The second-order valence-corrected chi connectivity index (χ2v) is 15.6. The van der Waals surface area contributed by atoms with E-state index < -0.39 is 31.6 Å². The van der Waals surface area contributed by atoms with Crippen molar-refractivity contribution >= 4 is 63.1 Å². The van der Waals surface area contributed by atoms with Crippen molar-refractivity contribution in [3.63, 3.8) is 0 Å². The van der Waals surface area contributed by atoms with Gasteiger partial charge in [0.05, 0.1) is 22.9 Å². The molecular formula is C36H23BrN2O4S2. The molecule has 2 atom stereocenters. The minimum absolute atomic E-state index is 0.0955. The monoisotopic (exact) mass is 690 g/mol. The first-order chi connectivity index (χ1) is 21.8. The number of carbonyl (C=O) groups excluding carboxylic acids is 4. The smallest absolute Gasteiger partial charge is 0.268 e. The lowest BCUT2D eigenvalue weighted by molar-refractivity contribution is -0.140. The van der Waals surface area contributed by atoms with E-state index >= 15 is 9.59 Å². The van der Waals surface area contributed by atoms with Gasteiger partial charge in [0.15, 0.2) is 0 Å². The molecule has 3 aliphatic carbocycles. The number of imide groups is 2. The Morgan fingerprint density at radius 2 is 1.04 bits per heavy atom. The molecule has 0 saturated carbocycles. The van der Waals surface area contributed by atoms with Crippen LogP contribution in [0.2, 0.25) is 0 Å². The molecule has 220 valence electrons. The molecule has 9 heteroatoms. The Bertz CT molecular complexity index is 2000.